The molecule has 4 rings (SSSR count). The lowest BCUT2D eigenvalue weighted by Gasteiger charge is -2.32. The van der Waals surface area contributed by atoms with Crippen molar-refractivity contribution < 1.29 is 0 Å². The van der Waals surface area contributed by atoms with E-state index in [0.717, 1.165) is 18.8 Å². The average Bonchev–Trinajstić information content (AvgIpc) is 3.05. The quantitative estimate of drug-likeness (QED) is 0.831. The number of nitrogens with zero attached hydrogens (tertiary/aromatic N) is 4. The van der Waals surface area contributed by atoms with E-state index in [-0.39, 0.29) is 5.69 Å². The monoisotopic (exact) mass is 274 g/mol. The molecule has 0 aromatic carbocycles. The molecule has 2 fully saturated rings. The summed E-state index contributed by atoms with van der Waals surface area (Å²) in [4.78, 5) is 14.1. The number of rotatable bonds is 2. The fraction of sp³-hybridized carbons (Fsp3) is 0.615. The molecule has 0 spiro atoms. The molecule has 2 aliphatic heterocycles. The zero-order valence-corrected chi connectivity index (χ0v) is 11.2. The fourth-order valence-electron chi connectivity index (χ4n) is 3.49. The lowest BCUT2D eigenvalue weighted by molar-refractivity contribution is 0.192. The van der Waals surface area contributed by atoms with Crippen LogP contribution in [0, 0.1) is 0 Å². The highest BCUT2D eigenvalue weighted by molar-refractivity contribution is 5.43. The Balaban J connectivity index is 1.58. The summed E-state index contributed by atoms with van der Waals surface area (Å²) in [6, 6.07) is 4.74. The average molecular weight is 274 g/mol. The van der Waals surface area contributed by atoms with Crippen molar-refractivity contribution in [3.05, 3.63) is 22.6 Å². The van der Waals surface area contributed by atoms with Crippen molar-refractivity contribution in [2.75, 3.05) is 18.4 Å². The molecule has 2 atom stereocenters. The first-order chi connectivity index (χ1) is 9.81. The maximum atomic E-state index is 11.5. The number of fused-ring (bicyclic) bond motifs is 2. The zero-order chi connectivity index (χ0) is 13.5. The first-order valence-electron chi connectivity index (χ1n) is 7.26. The van der Waals surface area contributed by atoms with Crippen LogP contribution in [0.15, 0.2) is 16.9 Å². The Hall–Kier alpha value is -1.89. The van der Waals surface area contributed by atoms with Crippen molar-refractivity contribution in [2.24, 2.45) is 0 Å². The molecule has 2 saturated heterocycles. The van der Waals surface area contributed by atoms with E-state index in [9.17, 15) is 4.79 Å². The maximum Gasteiger partial charge on any atom is 0.364 e. The summed E-state index contributed by atoms with van der Waals surface area (Å²) in [6.07, 6.45) is 5.03. The van der Waals surface area contributed by atoms with Crippen LogP contribution < -0.4 is 11.0 Å². The van der Waals surface area contributed by atoms with Gasteiger partial charge < -0.3 is 5.32 Å². The zero-order valence-electron chi connectivity index (χ0n) is 11.2. The van der Waals surface area contributed by atoms with Crippen molar-refractivity contribution in [3.63, 3.8) is 0 Å². The van der Waals surface area contributed by atoms with Crippen LogP contribution in [0.3, 0.4) is 0 Å². The Bertz CT molecular complexity index is 677. The normalized spacial score (nSPS) is 26.8. The number of hydrogen-bond acceptors (Lipinski definition) is 5. The Kier molecular flexibility index (Phi) is 2.73. The van der Waals surface area contributed by atoms with Crippen LogP contribution in [0.2, 0.25) is 0 Å². The van der Waals surface area contributed by atoms with Crippen LogP contribution in [0.5, 0.6) is 0 Å². The molecule has 0 radical (unpaired) electrons. The SMILES string of the molecule is O=c1[nH]nc2ccc(NC3CCN4CCCCC34)nn12. The predicted octanol–water partition coefficient (Wildman–Crippen LogP) is 0.456. The summed E-state index contributed by atoms with van der Waals surface area (Å²) in [7, 11) is 0. The Labute approximate surface area is 116 Å². The summed E-state index contributed by atoms with van der Waals surface area (Å²) < 4.78 is 1.30. The van der Waals surface area contributed by atoms with E-state index in [1.54, 1.807) is 6.07 Å². The molecular weight excluding hydrogens is 256 g/mol. The highest BCUT2D eigenvalue weighted by Crippen LogP contribution is 2.28. The third-order valence-electron chi connectivity index (χ3n) is 4.46. The number of aromatic amines is 1. The van der Waals surface area contributed by atoms with Gasteiger partial charge in [0.2, 0.25) is 0 Å². The third-order valence-corrected chi connectivity index (χ3v) is 4.46. The van der Waals surface area contributed by atoms with Gasteiger partial charge in [0.25, 0.3) is 0 Å². The molecule has 20 heavy (non-hydrogen) atoms. The molecule has 2 aliphatic rings. The van der Waals surface area contributed by atoms with E-state index in [2.05, 4.69) is 25.5 Å². The van der Waals surface area contributed by atoms with Crippen LogP contribution in [0.25, 0.3) is 5.65 Å². The summed E-state index contributed by atoms with van der Waals surface area (Å²) in [5, 5.41) is 14.1. The van der Waals surface area contributed by atoms with Gasteiger partial charge in [0.05, 0.1) is 0 Å². The highest BCUT2D eigenvalue weighted by Gasteiger charge is 2.35. The second-order valence-electron chi connectivity index (χ2n) is 5.66. The van der Waals surface area contributed by atoms with Gasteiger partial charge in [-0.3, -0.25) is 4.90 Å². The minimum absolute atomic E-state index is 0.297. The molecule has 2 N–H and O–H groups in total. The van der Waals surface area contributed by atoms with Gasteiger partial charge in [0.1, 0.15) is 5.82 Å². The molecule has 0 bridgehead atoms. The van der Waals surface area contributed by atoms with Gasteiger partial charge in [-0.2, -0.15) is 9.61 Å². The molecule has 4 heterocycles. The number of nitrogens with one attached hydrogen (secondary N) is 2. The number of H-pyrrole nitrogens is 1. The lowest BCUT2D eigenvalue weighted by atomic mass is 9.99. The van der Waals surface area contributed by atoms with E-state index in [0.29, 0.717) is 17.7 Å². The van der Waals surface area contributed by atoms with Gasteiger partial charge in [-0.05, 0) is 37.9 Å². The van der Waals surface area contributed by atoms with Gasteiger partial charge in [-0.15, -0.1) is 5.10 Å². The van der Waals surface area contributed by atoms with Gasteiger partial charge >= 0.3 is 5.69 Å². The van der Waals surface area contributed by atoms with E-state index in [1.165, 1.54) is 30.3 Å². The van der Waals surface area contributed by atoms with Crippen molar-refractivity contribution >= 4 is 11.5 Å². The van der Waals surface area contributed by atoms with Crippen LogP contribution >= 0.6 is 0 Å². The first kappa shape index (κ1) is 11.9. The molecule has 2 aromatic rings. The molecule has 7 nitrogen and oxygen atoms in total. The highest BCUT2D eigenvalue weighted by atomic mass is 16.2. The van der Waals surface area contributed by atoms with Gasteiger partial charge in [-0.1, -0.05) is 6.42 Å². The van der Waals surface area contributed by atoms with Gasteiger partial charge in [0.15, 0.2) is 5.65 Å². The van der Waals surface area contributed by atoms with Crippen LogP contribution in [-0.4, -0.2) is 49.9 Å². The summed E-state index contributed by atoms with van der Waals surface area (Å²) in [6.45, 7) is 2.38. The smallest absolute Gasteiger partial charge is 0.364 e. The molecule has 0 saturated carbocycles. The third kappa shape index (κ3) is 1.89. The van der Waals surface area contributed by atoms with Gasteiger partial charge in [0, 0.05) is 18.6 Å². The first-order valence-corrected chi connectivity index (χ1v) is 7.26. The van der Waals surface area contributed by atoms with Crippen LogP contribution in [0.4, 0.5) is 5.82 Å². The standard InChI is InChI=1S/C13H18N6O/c20-13-16-15-12-5-4-11(17-19(12)13)14-9-6-8-18-7-2-1-3-10(9)18/h4-5,9-10H,1-3,6-8H2,(H,14,17)(H,16,20). The summed E-state index contributed by atoms with van der Waals surface area (Å²) in [5.41, 5.74) is 0.251. The molecule has 0 amide bonds. The summed E-state index contributed by atoms with van der Waals surface area (Å²) in [5.74, 6) is 0.749. The maximum absolute atomic E-state index is 11.5. The number of anilines is 1. The van der Waals surface area contributed by atoms with Crippen molar-refractivity contribution in [2.45, 2.75) is 37.8 Å². The number of piperidine rings is 1. The largest absolute Gasteiger partial charge is 0.364 e. The summed E-state index contributed by atoms with van der Waals surface area (Å²) >= 11 is 0. The minimum Gasteiger partial charge on any atom is -0.364 e. The minimum atomic E-state index is -0.297. The van der Waals surface area contributed by atoms with E-state index in [4.69, 9.17) is 0 Å². The van der Waals surface area contributed by atoms with E-state index in [1.807, 2.05) is 6.07 Å². The van der Waals surface area contributed by atoms with E-state index >= 15 is 0 Å². The van der Waals surface area contributed by atoms with E-state index < -0.39 is 0 Å². The second-order valence-corrected chi connectivity index (χ2v) is 5.66. The molecular formula is C13H18N6O. The van der Waals surface area contributed by atoms with Gasteiger partial charge in [-0.25, -0.2) is 9.89 Å². The van der Waals surface area contributed by atoms with Crippen molar-refractivity contribution in [1.82, 2.24) is 24.7 Å². The number of aromatic nitrogens is 4. The van der Waals surface area contributed by atoms with Crippen molar-refractivity contribution in [3.8, 4) is 0 Å². The predicted molar refractivity (Wildman–Crippen MR) is 74.8 cm³/mol. The Morgan fingerprint density at radius 1 is 1.25 bits per heavy atom. The molecule has 0 aliphatic carbocycles. The van der Waals surface area contributed by atoms with Crippen LogP contribution in [-0.2, 0) is 0 Å². The number of hydrogen-bond donors (Lipinski definition) is 2. The lowest BCUT2D eigenvalue weighted by Crippen LogP contribution is -2.41. The Morgan fingerprint density at radius 2 is 2.20 bits per heavy atom. The van der Waals surface area contributed by atoms with Crippen molar-refractivity contribution in [1.29, 1.82) is 0 Å². The fourth-order valence-corrected chi connectivity index (χ4v) is 3.49. The molecule has 7 heteroatoms. The molecule has 2 aromatic heterocycles. The second kappa shape index (κ2) is 4.59. The Morgan fingerprint density at radius 3 is 3.15 bits per heavy atom. The van der Waals surface area contributed by atoms with Crippen LogP contribution in [0.1, 0.15) is 25.7 Å². The topological polar surface area (TPSA) is 78.3 Å². The molecule has 2 unspecified atom stereocenters. The molecule has 106 valence electrons.